The highest BCUT2D eigenvalue weighted by molar-refractivity contribution is 7.87. The molecule has 0 aromatic heterocycles. The molecule has 2 aromatic carbocycles. The highest BCUT2D eigenvalue weighted by Crippen LogP contribution is 2.45. The average molecular weight is 386 g/mol. The molecular formula is C21H22O5S. The van der Waals surface area contributed by atoms with Crippen LogP contribution in [-0.4, -0.2) is 34.7 Å². The van der Waals surface area contributed by atoms with Gasteiger partial charge in [0.2, 0.25) is 0 Å². The van der Waals surface area contributed by atoms with E-state index in [1.807, 2.05) is 31.2 Å². The van der Waals surface area contributed by atoms with E-state index in [1.165, 1.54) is 20.6 Å². The molecule has 0 fully saturated rings. The van der Waals surface area contributed by atoms with Crippen LogP contribution >= 0.6 is 0 Å². The second-order valence-electron chi connectivity index (χ2n) is 6.26. The molecule has 0 bridgehead atoms. The Morgan fingerprint density at radius 3 is 2.41 bits per heavy atom. The minimum Gasteiger partial charge on any atom is -0.497 e. The van der Waals surface area contributed by atoms with Crippen molar-refractivity contribution in [3.8, 4) is 11.5 Å². The fourth-order valence-corrected chi connectivity index (χ4v) is 3.83. The summed E-state index contributed by atoms with van der Waals surface area (Å²) in [6.07, 6.45) is 1.04. The predicted molar refractivity (Wildman–Crippen MR) is 103 cm³/mol. The highest BCUT2D eigenvalue weighted by atomic mass is 32.2. The van der Waals surface area contributed by atoms with Gasteiger partial charge in [-0.1, -0.05) is 17.7 Å². The van der Waals surface area contributed by atoms with Crippen LogP contribution in [0.2, 0.25) is 0 Å². The monoisotopic (exact) mass is 386 g/mol. The van der Waals surface area contributed by atoms with Gasteiger partial charge in [-0.3, -0.25) is 4.21 Å². The van der Waals surface area contributed by atoms with Crippen LogP contribution in [-0.2, 0) is 10.8 Å². The molecule has 3 rings (SSSR count). The number of fused-ring (bicyclic) bond motifs is 1. The van der Waals surface area contributed by atoms with Gasteiger partial charge in [-0.2, -0.15) is 0 Å². The molecule has 142 valence electrons. The summed E-state index contributed by atoms with van der Waals surface area (Å²) >= 11 is 0. The molecular weight excluding hydrogens is 364 g/mol. The Labute approximate surface area is 162 Å². The van der Waals surface area contributed by atoms with Crippen LogP contribution in [0.15, 0.2) is 41.3 Å². The van der Waals surface area contributed by atoms with Crippen molar-refractivity contribution in [1.82, 2.24) is 0 Å². The Kier molecular flexibility index (Phi) is 6.19. The number of aliphatic hydroxyl groups excluding tert-OH is 2. The zero-order valence-corrected chi connectivity index (χ0v) is 16.2. The summed E-state index contributed by atoms with van der Waals surface area (Å²) in [5.74, 6) is 3.22. The maximum Gasteiger partial charge on any atom is 0.126 e. The van der Waals surface area contributed by atoms with Gasteiger partial charge in [-0.05, 0) is 37.1 Å². The molecule has 0 aliphatic heterocycles. The Bertz CT molecular complexity index is 818. The minimum atomic E-state index is -1.34. The van der Waals surface area contributed by atoms with Crippen LogP contribution in [0.4, 0.5) is 0 Å². The molecule has 0 heterocycles. The van der Waals surface area contributed by atoms with E-state index in [0.29, 0.717) is 33.4 Å². The van der Waals surface area contributed by atoms with E-state index in [0.717, 1.165) is 5.56 Å². The van der Waals surface area contributed by atoms with Crippen molar-refractivity contribution in [2.24, 2.45) is 0 Å². The van der Waals surface area contributed by atoms with Gasteiger partial charge in [0.15, 0.2) is 0 Å². The first-order valence-corrected chi connectivity index (χ1v) is 9.65. The van der Waals surface area contributed by atoms with E-state index in [9.17, 15) is 14.4 Å². The Morgan fingerprint density at radius 2 is 1.78 bits per heavy atom. The van der Waals surface area contributed by atoms with Gasteiger partial charge in [0.1, 0.15) is 17.6 Å². The maximum atomic E-state index is 12.5. The number of methoxy groups -OCH3 is 2. The second-order valence-corrected chi connectivity index (χ2v) is 7.60. The first-order valence-electron chi connectivity index (χ1n) is 8.44. The average Bonchev–Trinajstić information content (AvgIpc) is 2.68. The minimum absolute atomic E-state index is 0.502. The van der Waals surface area contributed by atoms with Crippen LogP contribution < -0.4 is 9.47 Å². The van der Waals surface area contributed by atoms with Gasteiger partial charge in [0, 0.05) is 28.9 Å². The number of ether oxygens (including phenoxy) is 2. The topological polar surface area (TPSA) is 76.0 Å². The van der Waals surface area contributed by atoms with Crippen molar-refractivity contribution in [1.29, 1.82) is 0 Å². The molecule has 2 aromatic rings. The second kappa shape index (κ2) is 8.42. The van der Waals surface area contributed by atoms with Gasteiger partial charge in [-0.25, -0.2) is 0 Å². The van der Waals surface area contributed by atoms with Gasteiger partial charge < -0.3 is 19.7 Å². The van der Waals surface area contributed by atoms with Crippen LogP contribution in [0.1, 0.15) is 22.8 Å². The quantitative estimate of drug-likeness (QED) is 0.798. The summed E-state index contributed by atoms with van der Waals surface area (Å²) in [4.78, 5) is 0.691. The third-order valence-corrected chi connectivity index (χ3v) is 5.59. The van der Waals surface area contributed by atoms with E-state index in [1.54, 1.807) is 24.3 Å². The first kappa shape index (κ1) is 19.9. The fourth-order valence-electron chi connectivity index (χ4n) is 3.00. The van der Waals surface area contributed by atoms with Gasteiger partial charge in [0.05, 0.1) is 36.9 Å². The van der Waals surface area contributed by atoms with Crippen molar-refractivity contribution in [2.45, 2.75) is 24.0 Å². The summed E-state index contributed by atoms with van der Waals surface area (Å²) in [5, 5.41) is 20.6. The van der Waals surface area contributed by atoms with E-state index < -0.39 is 23.0 Å². The molecule has 4 radical (unpaired) electrons. The molecule has 1 aliphatic carbocycles. The van der Waals surface area contributed by atoms with E-state index in [2.05, 4.69) is 0 Å². The molecule has 5 nitrogen and oxygen atoms in total. The van der Waals surface area contributed by atoms with Crippen molar-refractivity contribution in [3.63, 3.8) is 0 Å². The standard InChI is InChI=1S/C21H22O5S/c1-13-4-6-16(7-5-13)27(24)9-8-14-10-18(22)21(23)17-11-15(25-2)12-19(26-3)20(14)17/h4-12,18,21-23H,1-3H3/t18-,21-,27-/m1/s1. The van der Waals surface area contributed by atoms with E-state index >= 15 is 0 Å². The third kappa shape index (κ3) is 4.18. The number of aryl methyl sites for hydroxylation is 1. The SMILES string of the molecule is COc1cc(OC)c2c(c1)[C@@H](O)[C@H](O)[CH][C]2[CH][CH][S@@](=O)c1ccc(C)cc1. The summed E-state index contributed by atoms with van der Waals surface area (Å²) in [5.41, 5.74) is 2.25. The van der Waals surface area contributed by atoms with E-state index in [-0.39, 0.29) is 0 Å². The molecule has 0 saturated carbocycles. The van der Waals surface area contributed by atoms with Gasteiger partial charge in [0.25, 0.3) is 0 Å². The molecule has 1 aliphatic rings. The maximum absolute atomic E-state index is 12.5. The Hall–Kier alpha value is -1.89. The molecule has 0 amide bonds. The number of rotatable bonds is 6. The molecule has 2 N–H and O–H groups in total. The lowest BCUT2D eigenvalue weighted by atomic mass is 9.77. The summed E-state index contributed by atoms with van der Waals surface area (Å²) in [7, 11) is 1.71. The molecule has 0 spiro atoms. The Balaban J connectivity index is 1.85. The summed E-state index contributed by atoms with van der Waals surface area (Å²) in [6.45, 7) is 1.97. The predicted octanol–water partition coefficient (Wildman–Crippen LogP) is 2.72. The fraction of sp³-hybridized carbons (Fsp3) is 0.238. The number of aliphatic hydroxyl groups is 2. The number of benzene rings is 2. The lowest BCUT2D eigenvalue weighted by Gasteiger charge is -2.33. The molecule has 27 heavy (non-hydrogen) atoms. The van der Waals surface area contributed by atoms with Crippen molar-refractivity contribution in [2.75, 3.05) is 14.2 Å². The normalized spacial score (nSPS) is 20.8. The van der Waals surface area contributed by atoms with Crippen molar-refractivity contribution < 1.29 is 23.9 Å². The van der Waals surface area contributed by atoms with E-state index in [4.69, 9.17) is 9.47 Å². The zero-order valence-electron chi connectivity index (χ0n) is 15.4. The lowest BCUT2D eigenvalue weighted by molar-refractivity contribution is 0.0342. The van der Waals surface area contributed by atoms with Crippen LogP contribution in [0, 0.1) is 31.4 Å². The lowest BCUT2D eigenvalue weighted by Crippen LogP contribution is -2.30. The Morgan fingerprint density at radius 1 is 1.07 bits per heavy atom. The third-order valence-electron chi connectivity index (χ3n) is 4.47. The highest BCUT2D eigenvalue weighted by Gasteiger charge is 2.36. The van der Waals surface area contributed by atoms with Crippen LogP contribution in [0.25, 0.3) is 0 Å². The van der Waals surface area contributed by atoms with Crippen LogP contribution in [0.3, 0.4) is 0 Å². The van der Waals surface area contributed by atoms with Gasteiger partial charge in [-0.15, -0.1) is 0 Å². The molecule has 3 atom stereocenters. The van der Waals surface area contributed by atoms with Gasteiger partial charge >= 0.3 is 0 Å². The number of hydrogen-bond acceptors (Lipinski definition) is 5. The molecule has 6 heteroatoms. The first-order chi connectivity index (χ1) is 12.9. The largest absolute Gasteiger partial charge is 0.497 e. The smallest absolute Gasteiger partial charge is 0.126 e. The zero-order chi connectivity index (χ0) is 19.6. The van der Waals surface area contributed by atoms with Crippen LogP contribution in [0.5, 0.6) is 11.5 Å². The van der Waals surface area contributed by atoms with Crippen molar-refractivity contribution >= 4 is 10.8 Å². The number of hydrogen-bond donors (Lipinski definition) is 2. The summed E-state index contributed by atoms with van der Waals surface area (Å²) in [6, 6.07) is 10.8. The van der Waals surface area contributed by atoms with Crippen molar-refractivity contribution in [3.05, 3.63) is 77.6 Å². The molecule has 0 unspecified atom stereocenters. The summed E-state index contributed by atoms with van der Waals surface area (Å²) < 4.78 is 23.2. The molecule has 0 saturated heterocycles.